The Hall–Kier alpha value is -1.42. The van der Waals surface area contributed by atoms with E-state index in [0.717, 1.165) is 18.4 Å². The predicted octanol–water partition coefficient (Wildman–Crippen LogP) is 1.71. The number of amides is 1. The zero-order valence-corrected chi connectivity index (χ0v) is 10.6. The van der Waals surface area contributed by atoms with Crippen LogP contribution in [0.15, 0.2) is 24.3 Å². The minimum Gasteiger partial charge on any atom is -0.340 e. The van der Waals surface area contributed by atoms with Gasteiger partial charge < -0.3 is 10.6 Å². The number of hydrogen-bond donors (Lipinski definition) is 1. The highest BCUT2D eigenvalue weighted by Gasteiger charge is 2.26. The smallest absolute Gasteiger partial charge is 0.227 e. The van der Waals surface area contributed by atoms with Gasteiger partial charge in [-0.3, -0.25) is 4.79 Å². The van der Waals surface area contributed by atoms with Gasteiger partial charge in [0, 0.05) is 18.6 Å². The second-order valence-corrected chi connectivity index (χ2v) is 5.03. The number of halogens is 1. The maximum absolute atomic E-state index is 13.0. The number of carbonyl (C=O) groups is 1. The Balaban J connectivity index is 1.99. The Morgan fingerprint density at radius 1 is 1.56 bits per heavy atom. The molecule has 0 aliphatic carbocycles. The second kappa shape index (κ2) is 5.48. The monoisotopic (exact) mass is 250 g/mol. The van der Waals surface area contributed by atoms with Gasteiger partial charge in [-0.1, -0.05) is 12.1 Å². The third-order valence-electron chi connectivity index (χ3n) is 3.48. The summed E-state index contributed by atoms with van der Waals surface area (Å²) in [5.41, 5.74) is 6.60. The van der Waals surface area contributed by atoms with Crippen LogP contribution < -0.4 is 5.73 Å². The normalized spacial score (nSPS) is 24.1. The molecule has 2 atom stereocenters. The van der Waals surface area contributed by atoms with E-state index in [1.54, 1.807) is 12.1 Å². The van der Waals surface area contributed by atoms with Gasteiger partial charge in [0.2, 0.25) is 5.91 Å². The van der Waals surface area contributed by atoms with Crippen molar-refractivity contribution in [3.63, 3.8) is 0 Å². The molecule has 2 rings (SSSR count). The fourth-order valence-electron chi connectivity index (χ4n) is 2.50. The molecule has 1 aromatic rings. The van der Waals surface area contributed by atoms with E-state index in [4.69, 9.17) is 5.73 Å². The van der Waals surface area contributed by atoms with Crippen LogP contribution in [0.25, 0.3) is 0 Å². The number of rotatable bonds is 2. The topological polar surface area (TPSA) is 46.3 Å². The van der Waals surface area contributed by atoms with Crippen LogP contribution in [-0.4, -0.2) is 29.4 Å². The zero-order valence-electron chi connectivity index (χ0n) is 10.6. The van der Waals surface area contributed by atoms with Crippen LogP contribution in [-0.2, 0) is 11.2 Å². The first-order valence-corrected chi connectivity index (χ1v) is 6.36. The molecule has 1 aromatic carbocycles. The summed E-state index contributed by atoms with van der Waals surface area (Å²) < 4.78 is 13.0. The first-order valence-electron chi connectivity index (χ1n) is 6.36. The van der Waals surface area contributed by atoms with Gasteiger partial charge in [-0.15, -0.1) is 0 Å². The molecule has 98 valence electrons. The predicted molar refractivity (Wildman–Crippen MR) is 68.5 cm³/mol. The van der Waals surface area contributed by atoms with E-state index in [1.165, 1.54) is 12.1 Å². The first-order chi connectivity index (χ1) is 8.56. The standard InChI is InChI=1S/C14H19FN2O/c1-10-7-13(16)5-6-17(10)14(18)9-11-3-2-4-12(15)8-11/h2-4,8,10,13H,5-7,9,16H2,1H3/t10-,13+/m0/s1. The molecule has 1 heterocycles. The van der Waals surface area contributed by atoms with Crippen LogP contribution >= 0.6 is 0 Å². The SMILES string of the molecule is C[C@H]1C[C@H](N)CCN1C(=O)Cc1cccc(F)c1. The number of hydrogen-bond acceptors (Lipinski definition) is 2. The van der Waals surface area contributed by atoms with Crippen LogP contribution in [0.5, 0.6) is 0 Å². The van der Waals surface area contributed by atoms with Crippen molar-refractivity contribution in [1.29, 1.82) is 0 Å². The highest BCUT2D eigenvalue weighted by molar-refractivity contribution is 5.79. The maximum atomic E-state index is 13.0. The molecule has 0 spiro atoms. The van der Waals surface area contributed by atoms with Gasteiger partial charge >= 0.3 is 0 Å². The lowest BCUT2D eigenvalue weighted by molar-refractivity contribution is -0.133. The second-order valence-electron chi connectivity index (χ2n) is 5.03. The van der Waals surface area contributed by atoms with E-state index in [9.17, 15) is 9.18 Å². The number of nitrogens with zero attached hydrogens (tertiary/aromatic N) is 1. The van der Waals surface area contributed by atoms with Crippen molar-refractivity contribution >= 4 is 5.91 Å². The summed E-state index contributed by atoms with van der Waals surface area (Å²) in [6.07, 6.45) is 1.95. The number of nitrogens with two attached hydrogens (primary N) is 1. The van der Waals surface area contributed by atoms with Crippen LogP contribution in [0.4, 0.5) is 4.39 Å². The Morgan fingerprint density at radius 2 is 2.33 bits per heavy atom. The highest BCUT2D eigenvalue weighted by Crippen LogP contribution is 2.17. The molecule has 1 fully saturated rings. The van der Waals surface area contributed by atoms with Crippen molar-refractivity contribution in [3.05, 3.63) is 35.6 Å². The minimum absolute atomic E-state index is 0.0556. The molecule has 2 N–H and O–H groups in total. The molecule has 4 heteroatoms. The molecule has 0 bridgehead atoms. The van der Waals surface area contributed by atoms with Crippen molar-refractivity contribution in [3.8, 4) is 0 Å². The Morgan fingerprint density at radius 3 is 3.00 bits per heavy atom. The van der Waals surface area contributed by atoms with E-state index in [1.807, 2.05) is 11.8 Å². The third-order valence-corrected chi connectivity index (χ3v) is 3.48. The summed E-state index contributed by atoms with van der Waals surface area (Å²) >= 11 is 0. The zero-order chi connectivity index (χ0) is 13.1. The number of likely N-dealkylation sites (tertiary alicyclic amines) is 1. The maximum Gasteiger partial charge on any atom is 0.227 e. The molecule has 1 aliphatic heterocycles. The Bertz CT molecular complexity index is 436. The lowest BCUT2D eigenvalue weighted by atomic mass is 9.98. The summed E-state index contributed by atoms with van der Waals surface area (Å²) in [6.45, 7) is 2.72. The third kappa shape index (κ3) is 3.07. The lowest BCUT2D eigenvalue weighted by Crippen LogP contribution is -2.48. The molecule has 3 nitrogen and oxygen atoms in total. The molecule has 0 unspecified atom stereocenters. The molecule has 1 amide bonds. The van der Waals surface area contributed by atoms with Crippen molar-refractivity contribution in [2.24, 2.45) is 5.73 Å². The quantitative estimate of drug-likeness (QED) is 0.868. The summed E-state index contributed by atoms with van der Waals surface area (Å²) in [5.74, 6) is -0.242. The van der Waals surface area contributed by atoms with Crippen LogP contribution in [0, 0.1) is 5.82 Å². The van der Waals surface area contributed by atoms with Crippen molar-refractivity contribution in [2.45, 2.75) is 38.3 Å². The largest absolute Gasteiger partial charge is 0.340 e. The summed E-state index contributed by atoms with van der Waals surface area (Å²) in [4.78, 5) is 14.0. The molecule has 0 saturated carbocycles. The number of carbonyl (C=O) groups excluding carboxylic acids is 1. The highest BCUT2D eigenvalue weighted by atomic mass is 19.1. The summed E-state index contributed by atoms with van der Waals surface area (Å²) in [6, 6.07) is 6.58. The number of piperidine rings is 1. The van der Waals surface area contributed by atoms with E-state index < -0.39 is 0 Å². The van der Waals surface area contributed by atoms with E-state index in [-0.39, 0.29) is 30.2 Å². The summed E-state index contributed by atoms with van der Waals surface area (Å²) in [5, 5.41) is 0. The molecular formula is C14H19FN2O. The summed E-state index contributed by atoms with van der Waals surface area (Å²) in [7, 11) is 0. The van der Waals surface area contributed by atoms with E-state index in [2.05, 4.69) is 0 Å². The van der Waals surface area contributed by atoms with Crippen molar-refractivity contribution in [2.75, 3.05) is 6.54 Å². The van der Waals surface area contributed by atoms with Crippen molar-refractivity contribution in [1.82, 2.24) is 4.90 Å². The van der Waals surface area contributed by atoms with Crippen molar-refractivity contribution < 1.29 is 9.18 Å². The average Bonchev–Trinajstić information content (AvgIpc) is 2.28. The van der Waals surface area contributed by atoms with Gasteiger partial charge in [-0.05, 0) is 37.5 Å². The number of benzene rings is 1. The fourth-order valence-corrected chi connectivity index (χ4v) is 2.50. The van der Waals surface area contributed by atoms with E-state index in [0.29, 0.717) is 6.54 Å². The lowest BCUT2D eigenvalue weighted by Gasteiger charge is -2.36. The average molecular weight is 250 g/mol. The van der Waals surface area contributed by atoms with Gasteiger partial charge in [0.1, 0.15) is 5.82 Å². The molecule has 18 heavy (non-hydrogen) atoms. The molecule has 1 saturated heterocycles. The first kappa shape index (κ1) is 13.0. The van der Waals surface area contributed by atoms with Gasteiger partial charge in [-0.2, -0.15) is 0 Å². The fraction of sp³-hybridized carbons (Fsp3) is 0.500. The molecule has 1 aliphatic rings. The van der Waals surface area contributed by atoms with Crippen LogP contribution in [0.3, 0.4) is 0 Å². The van der Waals surface area contributed by atoms with E-state index >= 15 is 0 Å². The molecular weight excluding hydrogens is 231 g/mol. The van der Waals surface area contributed by atoms with Gasteiger partial charge in [-0.25, -0.2) is 4.39 Å². The minimum atomic E-state index is -0.297. The van der Waals surface area contributed by atoms with Gasteiger partial charge in [0.15, 0.2) is 0 Å². The van der Waals surface area contributed by atoms with Gasteiger partial charge in [0.25, 0.3) is 0 Å². The Kier molecular flexibility index (Phi) is 3.97. The van der Waals surface area contributed by atoms with Crippen LogP contribution in [0.2, 0.25) is 0 Å². The molecule has 0 radical (unpaired) electrons. The van der Waals surface area contributed by atoms with Crippen LogP contribution in [0.1, 0.15) is 25.3 Å². The van der Waals surface area contributed by atoms with Gasteiger partial charge in [0.05, 0.1) is 6.42 Å². The molecule has 0 aromatic heterocycles. The Labute approximate surface area is 107 Å².